The van der Waals surface area contributed by atoms with E-state index in [1.54, 1.807) is 6.33 Å². The zero-order chi connectivity index (χ0) is 21.0. The van der Waals surface area contributed by atoms with Gasteiger partial charge in [0, 0.05) is 30.8 Å². The minimum Gasteiger partial charge on any atom is -0.408 e. The molecule has 0 amide bonds. The lowest BCUT2D eigenvalue weighted by Gasteiger charge is -2.32. The molecule has 0 aromatic carbocycles. The fraction of sp³-hybridized carbons (Fsp3) is 0.368. The van der Waals surface area contributed by atoms with Crippen molar-refractivity contribution in [3.05, 3.63) is 59.3 Å². The van der Waals surface area contributed by atoms with Crippen molar-refractivity contribution >= 4 is 11.5 Å². The first-order valence-electron chi connectivity index (χ1n) is 9.50. The van der Waals surface area contributed by atoms with Gasteiger partial charge in [-0.2, -0.15) is 18.3 Å². The molecule has 1 aliphatic heterocycles. The van der Waals surface area contributed by atoms with Crippen LogP contribution in [0.1, 0.15) is 54.3 Å². The van der Waals surface area contributed by atoms with Gasteiger partial charge < -0.3 is 14.3 Å². The van der Waals surface area contributed by atoms with E-state index in [0.29, 0.717) is 36.3 Å². The highest BCUT2D eigenvalue weighted by Gasteiger charge is 2.38. The molecular weight excluding hydrogens is 399 g/mol. The maximum atomic E-state index is 13.5. The molecule has 0 saturated carbocycles. The van der Waals surface area contributed by atoms with Gasteiger partial charge in [-0.25, -0.2) is 9.50 Å². The minimum absolute atomic E-state index is 0.0176. The minimum atomic E-state index is -4.48. The van der Waals surface area contributed by atoms with Gasteiger partial charge in [-0.05, 0) is 18.2 Å². The molecule has 0 saturated heterocycles. The van der Waals surface area contributed by atoms with Crippen molar-refractivity contribution in [3.8, 4) is 0 Å². The Bertz CT molecular complexity index is 1210. The van der Waals surface area contributed by atoms with Gasteiger partial charge in [-0.3, -0.25) is 0 Å². The summed E-state index contributed by atoms with van der Waals surface area (Å²) in [6.07, 6.45) is -0.754. The Morgan fingerprint density at radius 2 is 2.10 bits per heavy atom. The molecule has 4 aromatic heterocycles. The van der Waals surface area contributed by atoms with E-state index in [-0.39, 0.29) is 11.4 Å². The van der Waals surface area contributed by atoms with E-state index < -0.39 is 17.8 Å². The molecule has 1 aliphatic rings. The predicted molar refractivity (Wildman–Crippen MR) is 100 cm³/mol. The Morgan fingerprint density at radius 3 is 2.83 bits per heavy atom. The van der Waals surface area contributed by atoms with Crippen molar-refractivity contribution in [1.82, 2.24) is 29.8 Å². The number of aromatic nitrogens is 6. The summed E-state index contributed by atoms with van der Waals surface area (Å²) in [6.45, 7) is 4.41. The summed E-state index contributed by atoms with van der Waals surface area (Å²) in [5, 5.41) is 12.7. The largest absolute Gasteiger partial charge is 0.418 e. The molecule has 1 unspecified atom stereocenters. The molecule has 0 bridgehead atoms. The molecular formula is C19H18F3N7O. The van der Waals surface area contributed by atoms with Crippen LogP contribution >= 0.6 is 0 Å². The van der Waals surface area contributed by atoms with Crippen molar-refractivity contribution in [1.29, 1.82) is 0 Å². The normalized spacial score (nSPS) is 17.1. The molecule has 0 spiro atoms. The van der Waals surface area contributed by atoms with Crippen LogP contribution in [0, 0.1) is 0 Å². The van der Waals surface area contributed by atoms with E-state index >= 15 is 0 Å². The summed E-state index contributed by atoms with van der Waals surface area (Å²) in [4.78, 5) is 9.36. The maximum Gasteiger partial charge on any atom is 0.418 e. The lowest BCUT2D eigenvalue weighted by atomic mass is 10.00. The number of rotatable bonds is 3. The lowest BCUT2D eigenvalue weighted by molar-refractivity contribution is -0.136. The standard InChI is InChI=1S/C19H18F3N7O/c1-10(2)17-25-26-18(30-17)28-7-5-12-15(24-9-23-12)16(28)13-8-14-11(19(20,21)22)4-3-6-29(14)27-13/h3-4,6,8-10,16H,5,7H2,1-2H3,(H,23,24). The number of hydrogen-bond acceptors (Lipinski definition) is 6. The van der Waals surface area contributed by atoms with Crippen LogP contribution in [0.25, 0.3) is 5.52 Å². The zero-order valence-corrected chi connectivity index (χ0v) is 16.2. The van der Waals surface area contributed by atoms with Gasteiger partial charge in [-0.15, -0.1) is 5.10 Å². The van der Waals surface area contributed by atoms with E-state index in [2.05, 4.69) is 25.3 Å². The SMILES string of the molecule is CC(C)c1nnc(N2CCc3[nH]cnc3C2c2cc3c(C(F)(F)F)cccn3n2)o1. The third kappa shape index (κ3) is 2.92. The first-order valence-corrected chi connectivity index (χ1v) is 9.50. The van der Waals surface area contributed by atoms with Crippen molar-refractivity contribution in [3.63, 3.8) is 0 Å². The number of halogens is 3. The Hall–Kier alpha value is -3.37. The summed E-state index contributed by atoms with van der Waals surface area (Å²) in [7, 11) is 0. The van der Waals surface area contributed by atoms with Crippen molar-refractivity contribution in [2.45, 2.75) is 38.4 Å². The fourth-order valence-corrected chi connectivity index (χ4v) is 3.77. The first kappa shape index (κ1) is 18.6. The molecule has 1 N–H and O–H groups in total. The predicted octanol–water partition coefficient (Wildman–Crippen LogP) is 3.73. The highest BCUT2D eigenvalue weighted by molar-refractivity contribution is 5.58. The number of hydrogen-bond donors (Lipinski definition) is 1. The van der Waals surface area contributed by atoms with Crippen LogP contribution in [0.4, 0.5) is 19.2 Å². The topological polar surface area (TPSA) is 88.1 Å². The van der Waals surface area contributed by atoms with E-state index in [1.807, 2.05) is 18.7 Å². The number of nitrogens with zero attached hydrogens (tertiary/aromatic N) is 6. The van der Waals surface area contributed by atoms with Crippen molar-refractivity contribution in [2.24, 2.45) is 0 Å². The van der Waals surface area contributed by atoms with Gasteiger partial charge in [0.2, 0.25) is 5.89 Å². The van der Waals surface area contributed by atoms with Crippen LogP contribution in [-0.2, 0) is 12.6 Å². The molecule has 11 heteroatoms. The van der Waals surface area contributed by atoms with Gasteiger partial charge in [-0.1, -0.05) is 18.9 Å². The van der Waals surface area contributed by atoms with Crippen LogP contribution in [0.15, 0.2) is 35.1 Å². The Labute approximate surface area is 168 Å². The molecule has 0 fully saturated rings. The third-order valence-corrected chi connectivity index (χ3v) is 5.20. The van der Waals surface area contributed by atoms with Gasteiger partial charge in [0.15, 0.2) is 0 Å². The number of H-pyrrole nitrogens is 1. The molecule has 8 nitrogen and oxygen atoms in total. The van der Waals surface area contributed by atoms with Crippen LogP contribution in [0.3, 0.4) is 0 Å². The number of pyridine rings is 1. The van der Waals surface area contributed by atoms with E-state index in [0.717, 1.165) is 11.8 Å². The number of nitrogens with one attached hydrogen (secondary N) is 1. The van der Waals surface area contributed by atoms with E-state index in [9.17, 15) is 13.2 Å². The summed E-state index contributed by atoms with van der Waals surface area (Å²) in [5.41, 5.74) is 1.25. The Morgan fingerprint density at radius 1 is 1.27 bits per heavy atom. The number of aromatic amines is 1. The highest BCUT2D eigenvalue weighted by atomic mass is 19.4. The maximum absolute atomic E-state index is 13.5. The third-order valence-electron chi connectivity index (χ3n) is 5.20. The van der Waals surface area contributed by atoms with E-state index in [1.165, 1.54) is 22.8 Å². The quantitative estimate of drug-likeness (QED) is 0.547. The zero-order valence-electron chi connectivity index (χ0n) is 16.2. The second-order valence-corrected chi connectivity index (χ2v) is 7.51. The lowest BCUT2D eigenvalue weighted by Crippen LogP contribution is -2.36. The van der Waals surface area contributed by atoms with Gasteiger partial charge in [0.05, 0.1) is 28.8 Å². The fourth-order valence-electron chi connectivity index (χ4n) is 3.77. The van der Waals surface area contributed by atoms with E-state index in [4.69, 9.17) is 4.42 Å². The number of alkyl halides is 3. The molecule has 5 rings (SSSR count). The molecule has 1 atom stereocenters. The van der Waals surface area contributed by atoms with Crippen LogP contribution in [-0.4, -0.2) is 36.3 Å². The Balaban J connectivity index is 1.65. The number of anilines is 1. The number of imidazole rings is 1. The summed E-state index contributed by atoms with van der Waals surface area (Å²) >= 11 is 0. The number of fused-ring (bicyclic) bond motifs is 2. The first-order chi connectivity index (χ1) is 14.3. The Kier molecular flexibility index (Phi) is 4.09. The molecule has 30 heavy (non-hydrogen) atoms. The molecule has 0 radical (unpaired) electrons. The van der Waals surface area contributed by atoms with Gasteiger partial charge in [0.1, 0.15) is 6.04 Å². The van der Waals surface area contributed by atoms with Crippen LogP contribution in [0.2, 0.25) is 0 Å². The summed E-state index contributed by atoms with van der Waals surface area (Å²) in [6, 6.07) is 3.57. The summed E-state index contributed by atoms with van der Waals surface area (Å²) in [5.74, 6) is 0.547. The van der Waals surface area contributed by atoms with Gasteiger partial charge in [0.25, 0.3) is 0 Å². The van der Waals surface area contributed by atoms with Crippen molar-refractivity contribution in [2.75, 3.05) is 11.4 Å². The van der Waals surface area contributed by atoms with Crippen molar-refractivity contribution < 1.29 is 17.6 Å². The second kappa shape index (κ2) is 6.57. The summed E-state index contributed by atoms with van der Waals surface area (Å²) < 4.78 is 47.5. The second-order valence-electron chi connectivity index (χ2n) is 7.51. The highest BCUT2D eigenvalue weighted by Crippen LogP contribution is 2.38. The molecule has 156 valence electrons. The molecule has 4 aromatic rings. The average molecular weight is 417 g/mol. The smallest absolute Gasteiger partial charge is 0.408 e. The van der Waals surface area contributed by atoms with Crippen LogP contribution < -0.4 is 4.90 Å². The average Bonchev–Trinajstić information content (AvgIpc) is 3.43. The van der Waals surface area contributed by atoms with Crippen LogP contribution in [0.5, 0.6) is 0 Å². The molecule has 0 aliphatic carbocycles. The monoisotopic (exact) mass is 417 g/mol. The van der Waals surface area contributed by atoms with Gasteiger partial charge >= 0.3 is 12.2 Å². The molecule has 5 heterocycles.